The summed E-state index contributed by atoms with van der Waals surface area (Å²) in [5, 5.41) is 11.4. The molecule has 0 aromatic heterocycles. The molecule has 0 aromatic rings. The van der Waals surface area contributed by atoms with E-state index >= 15 is 0 Å². The minimum atomic E-state index is -1.07. The third-order valence-electron chi connectivity index (χ3n) is 1.26. The van der Waals surface area contributed by atoms with Gasteiger partial charge in [-0.1, -0.05) is 9.58 Å². The minimum absolute atomic E-state index is 0.0617. The number of hydrazone groups is 1. The maximum absolute atomic E-state index is 12.6. The fourth-order valence-corrected chi connectivity index (χ4v) is 0.986. The molecule has 1 heterocycles. The fraction of sp³-hybridized carbons (Fsp3) is 0.400. The van der Waals surface area contributed by atoms with Gasteiger partial charge in [-0.2, -0.15) is 4.39 Å². The van der Waals surface area contributed by atoms with Crippen LogP contribution in [-0.2, 0) is 0 Å². The number of nitrogens with one attached hydrogen (secondary N) is 1. The van der Waals surface area contributed by atoms with Crippen LogP contribution in [0.3, 0.4) is 0 Å². The SMILES string of the molecule is CC(O)C1=C(S)C(F)=NN(F)N1. The molecular weight excluding hydrogens is 188 g/mol. The summed E-state index contributed by atoms with van der Waals surface area (Å²) in [4.78, 5) is -0.195. The van der Waals surface area contributed by atoms with E-state index in [1.54, 1.807) is 0 Å². The van der Waals surface area contributed by atoms with Crippen molar-refractivity contribution in [3.63, 3.8) is 0 Å². The Hall–Kier alpha value is -0.820. The van der Waals surface area contributed by atoms with E-state index in [4.69, 9.17) is 5.11 Å². The third-order valence-corrected chi connectivity index (χ3v) is 1.68. The van der Waals surface area contributed by atoms with Crippen LogP contribution in [-0.4, -0.2) is 22.5 Å². The highest BCUT2D eigenvalue weighted by molar-refractivity contribution is 7.85. The standard InChI is InChI=1S/C5H7F2N3OS/c1-2(11)3-4(12)5(6)9-10(7)8-3/h2,8,11-12H,1H3. The molecule has 0 saturated carbocycles. The predicted molar refractivity (Wildman–Crippen MR) is 42.3 cm³/mol. The van der Waals surface area contributed by atoms with Gasteiger partial charge >= 0.3 is 0 Å². The molecule has 0 saturated heterocycles. The lowest BCUT2D eigenvalue weighted by Crippen LogP contribution is -2.36. The van der Waals surface area contributed by atoms with Crippen molar-refractivity contribution in [1.82, 2.24) is 10.8 Å². The van der Waals surface area contributed by atoms with Crippen molar-refractivity contribution in [3.05, 3.63) is 10.6 Å². The Bertz CT molecular complexity index is 253. The van der Waals surface area contributed by atoms with Crippen molar-refractivity contribution in [1.29, 1.82) is 0 Å². The molecule has 1 rings (SSSR count). The van der Waals surface area contributed by atoms with Crippen molar-refractivity contribution in [2.75, 3.05) is 0 Å². The smallest absolute Gasteiger partial charge is 0.250 e. The van der Waals surface area contributed by atoms with Crippen LogP contribution in [0.4, 0.5) is 8.87 Å². The van der Waals surface area contributed by atoms with Crippen LogP contribution in [0.5, 0.6) is 0 Å². The van der Waals surface area contributed by atoms with Crippen molar-refractivity contribution in [3.8, 4) is 0 Å². The van der Waals surface area contributed by atoms with Crippen molar-refractivity contribution < 1.29 is 14.0 Å². The molecule has 0 bridgehead atoms. The maximum Gasteiger partial charge on any atom is 0.250 e. The van der Waals surface area contributed by atoms with Gasteiger partial charge in [0.1, 0.15) is 0 Å². The average molecular weight is 195 g/mol. The highest BCUT2D eigenvalue weighted by atomic mass is 32.1. The Morgan fingerprint density at radius 2 is 2.33 bits per heavy atom. The first-order valence-corrected chi connectivity index (χ1v) is 3.55. The van der Waals surface area contributed by atoms with Crippen LogP contribution in [0.15, 0.2) is 15.7 Å². The van der Waals surface area contributed by atoms with Gasteiger partial charge in [-0.05, 0) is 12.3 Å². The van der Waals surface area contributed by atoms with Crippen LogP contribution >= 0.6 is 12.6 Å². The minimum Gasteiger partial charge on any atom is -0.387 e. The number of aliphatic hydroxyl groups is 1. The number of nitrogens with zero attached hydrogens (tertiary/aromatic N) is 2. The summed E-state index contributed by atoms with van der Waals surface area (Å²) in [6.07, 6.45) is -1.03. The van der Waals surface area contributed by atoms with Crippen molar-refractivity contribution in [2.24, 2.45) is 5.10 Å². The Balaban J connectivity index is 2.96. The molecule has 0 fully saturated rings. The zero-order chi connectivity index (χ0) is 9.30. The molecule has 0 aliphatic carbocycles. The van der Waals surface area contributed by atoms with E-state index in [1.807, 2.05) is 5.43 Å². The van der Waals surface area contributed by atoms with Crippen LogP contribution in [0.1, 0.15) is 6.92 Å². The summed E-state index contributed by atoms with van der Waals surface area (Å²) in [5.74, 6) is -1.07. The summed E-state index contributed by atoms with van der Waals surface area (Å²) < 4.78 is 25.0. The van der Waals surface area contributed by atoms with Gasteiger partial charge in [0, 0.05) is 0 Å². The zero-order valence-electron chi connectivity index (χ0n) is 6.12. The molecule has 7 heteroatoms. The lowest BCUT2D eigenvalue weighted by Gasteiger charge is -2.21. The number of thiol groups is 1. The molecule has 1 aliphatic heterocycles. The second kappa shape index (κ2) is 3.28. The second-order valence-electron chi connectivity index (χ2n) is 2.20. The molecule has 0 spiro atoms. The Labute approximate surface area is 72.9 Å². The van der Waals surface area contributed by atoms with Gasteiger partial charge in [0.2, 0.25) is 0 Å². The number of rotatable bonds is 1. The molecular formula is C5H7F2N3OS. The van der Waals surface area contributed by atoms with Crippen LogP contribution in [0, 0.1) is 0 Å². The third kappa shape index (κ3) is 1.67. The lowest BCUT2D eigenvalue weighted by atomic mass is 10.3. The van der Waals surface area contributed by atoms with Gasteiger partial charge in [-0.3, -0.25) is 5.43 Å². The summed E-state index contributed by atoms with van der Waals surface area (Å²) in [5.41, 5.74) is 1.93. The first kappa shape index (κ1) is 9.27. The zero-order valence-corrected chi connectivity index (χ0v) is 7.02. The number of allylic oxidation sites excluding steroid dienone is 1. The first-order chi connectivity index (χ1) is 5.52. The first-order valence-electron chi connectivity index (χ1n) is 3.10. The van der Waals surface area contributed by atoms with Crippen LogP contribution in [0.2, 0.25) is 0 Å². The normalized spacial score (nSPS) is 20.4. The van der Waals surface area contributed by atoms with Crippen LogP contribution < -0.4 is 5.43 Å². The van der Waals surface area contributed by atoms with Gasteiger partial charge in [0.15, 0.2) is 0 Å². The van der Waals surface area contributed by atoms with Gasteiger partial charge in [-0.25, -0.2) is 0 Å². The Morgan fingerprint density at radius 3 is 2.83 bits per heavy atom. The monoisotopic (exact) mass is 195 g/mol. The topological polar surface area (TPSA) is 47.9 Å². The summed E-state index contributed by atoms with van der Waals surface area (Å²) in [7, 11) is 0. The van der Waals surface area contributed by atoms with E-state index in [0.29, 0.717) is 0 Å². The highest BCUT2D eigenvalue weighted by Crippen LogP contribution is 2.18. The fourth-order valence-electron chi connectivity index (χ4n) is 0.704. The largest absolute Gasteiger partial charge is 0.387 e. The summed E-state index contributed by atoms with van der Waals surface area (Å²) in [6, 6.07) is 0. The number of hydrazine groups is 1. The number of hydrogen-bond acceptors (Lipinski definition) is 5. The molecule has 0 radical (unpaired) electrons. The molecule has 68 valence electrons. The van der Waals surface area contributed by atoms with E-state index in [1.165, 1.54) is 6.92 Å². The molecule has 12 heavy (non-hydrogen) atoms. The van der Waals surface area contributed by atoms with E-state index in [0.717, 1.165) is 0 Å². The number of halogens is 2. The van der Waals surface area contributed by atoms with Gasteiger partial charge in [-0.15, -0.1) is 12.6 Å². The van der Waals surface area contributed by atoms with Gasteiger partial charge in [0.25, 0.3) is 5.97 Å². The van der Waals surface area contributed by atoms with E-state index in [9.17, 15) is 8.87 Å². The molecule has 2 N–H and O–H groups in total. The van der Waals surface area contributed by atoms with E-state index in [2.05, 4.69) is 17.7 Å². The lowest BCUT2D eigenvalue weighted by molar-refractivity contribution is -0.0285. The molecule has 0 amide bonds. The van der Waals surface area contributed by atoms with Gasteiger partial charge in [0.05, 0.1) is 16.7 Å². The average Bonchev–Trinajstić information content (AvgIpc) is 1.96. The molecule has 4 nitrogen and oxygen atoms in total. The molecule has 1 unspecified atom stereocenters. The van der Waals surface area contributed by atoms with E-state index in [-0.39, 0.29) is 15.9 Å². The Kier molecular flexibility index (Phi) is 2.53. The number of aliphatic hydroxyl groups excluding tert-OH is 1. The van der Waals surface area contributed by atoms with E-state index < -0.39 is 12.1 Å². The van der Waals surface area contributed by atoms with Gasteiger partial charge < -0.3 is 5.11 Å². The second-order valence-corrected chi connectivity index (χ2v) is 2.65. The Morgan fingerprint density at radius 1 is 1.75 bits per heavy atom. The molecule has 0 aromatic carbocycles. The maximum atomic E-state index is 12.6. The molecule has 1 atom stereocenters. The summed E-state index contributed by atoms with van der Waals surface area (Å²) in [6.45, 7) is 1.35. The van der Waals surface area contributed by atoms with Crippen LogP contribution in [0.25, 0.3) is 0 Å². The summed E-state index contributed by atoms with van der Waals surface area (Å²) >= 11 is 3.69. The molecule has 1 aliphatic rings. The highest BCUT2D eigenvalue weighted by Gasteiger charge is 2.22. The van der Waals surface area contributed by atoms with Crippen molar-refractivity contribution >= 4 is 18.6 Å². The van der Waals surface area contributed by atoms with Crippen molar-refractivity contribution in [2.45, 2.75) is 13.0 Å². The predicted octanol–water partition coefficient (Wildman–Crippen LogP) is 0.496. The number of hydrogen-bond donors (Lipinski definition) is 3. The quantitative estimate of drug-likeness (QED) is 0.421.